The molecule has 0 amide bonds. The van der Waals surface area contributed by atoms with Crippen LogP contribution < -0.4 is 0 Å². The third-order valence-corrected chi connectivity index (χ3v) is 3.93. The molecule has 0 aliphatic rings. The lowest BCUT2D eigenvalue weighted by Crippen LogP contribution is -2.05. The van der Waals surface area contributed by atoms with E-state index in [-0.39, 0.29) is 0 Å². The molecule has 2 aromatic rings. The number of halogens is 3. The van der Waals surface area contributed by atoms with Crippen LogP contribution in [0.15, 0.2) is 18.2 Å². The van der Waals surface area contributed by atoms with Crippen molar-refractivity contribution in [3.05, 3.63) is 45.5 Å². The number of alkyl halides is 1. The van der Waals surface area contributed by atoms with Gasteiger partial charge in [0.1, 0.15) is 11.6 Å². The molecule has 0 bridgehead atoms. The lowest BCUT2D eigenvalue weighted by atomic mass is 10.1. The fourth-order valence-corrected chi connectivity index (χ4v) is 2.53. The molecule has 0 N–H and O–H groups in total. The number of hydrogen-bond donors (Lipinski definition) is 0. The molecule has 1 aromatic carbocycles. The van der Waals surface area contributed by atoms with Crippen LogP contribution in [-0.4, -0.2) is 14.8 Å². The highest BCUT2D eigenvalue weighted by Gasteiger charge is 2.10. The predicted molar refractivity (Wildman–Crippen MR) is 77.6 cm³/mol. The minimum Gasteiger partial charge on any atom is -0.314 e. The molecule has 0 atom stereocenters. The molecule has 0 saturated heterocycles. The Morgan fingerprint density at radius 1 is 1.17 bits per heavy atom. The SMILES string of the molecule is CCn1c(CBr)nnc1Cc1ccc(Cl)c(Cl)c1. The second-order valence-corrected chi connectivity index (χ2v) is 5.21. The lowest BCUT2D eigenvalue weighted by Gasteiger charge is -2.06. The predicted octanol–water partition coefficient (Wildman–Crippen LogP) is 4.09. The van der Waals surface area contributed by atoms with E-state index in [9.17, 15) is 0 Å². The number of benzene rings is 1. The third kappa shape index (κ3) is 2.87. The van der Waals surface area contributed by atoms with Gasteiger partial charge < -0.3 is 4.57 Å². The van der Waals surface area contributed by atoms with Crippen molar-refractivity contribution in [2.45, 2.75) is 25.2 Å². The second kappa shape index (κ2) is 6.04. The Labute approximate surface area is 124 Å². The highest BCUT2D eigenvalue weighted by atomic mass is 79.9. The first kappa shape index (κ1) is 13.8. The van der Waals surface area contributed by atoms with Gasteiger partial charge in [0.15, 0.2) is 0 Å². The molecule has 96 valence electrons. The Bertz CT molecular complexity index is 554. The molecule has 1 aromatic heterocycles. The molecule has 0 spiro atoms. The maximum absolute atomic E-state index is 6.00. The van der Waals surface area contributed by atoms with E-state index in [0.29, 0.717) is 21.8 Å². The minimum atomic E-state index is 0.567. The molecule has 2 rings (SSSR count). The van der Waals surface area contributed by atoms with Gasteiger partial charge >= 0.3 is 0 Å². The molecular formula is C12H12BrCl2N3. The summed E-state index contributed by atoms with van der Waals surface area (Å²) in [7, 11) is 0. The lowest BCUT2D eigenvalue weighted by molar-refractivity contribution is 0.688. The van der Waals surface area contributed by atoms with Crippen molar-refractivity contribution in [1.29, 1.82) is 0 Å². The van der Waals surface area contributed by atoms with Gasteiger partial charge in [-0.3, -0.25) is 0 Å². The fraction of sp³-hybridized carbons (Fsp3) is 0.333. The van der Waals surface area contributed by atoms with Crippen LogP contribution in [0.3, 0.4) is 0 Å². The molecule has 0 saturated carbocycles. The molecule has 3 nitrogen and oxygen atoms in total. The van der Waals surface area contributed by atoms with E-state index >= 15 is 0 Å². The smallest absolute Gasteiger partial charge is 0.143 e. The van der Waals surface area contributed by atoms with E-state index in [2.05, 4.69) is 37.6 Å². The van der Waals surface area contributed by atoms with Gasteiger partial charge in [-0.25, -0.2) is 0 Å². The van der Waals surface area contributed by atoms with Crippen LogP contribution in [0.4, 0.5) is 0 Å². The Morgan fingerprint density at radius 2 is 1.89 bits per heavy atom. The third-order valence-electron chi connectivity index (χ3n) is 2.69. The summed E-state index contributed by atoms with van der Waals surface area (Å²) >= 11 is 15.3. The normalized spacial score (nSPS) is 10.9. The Morgan fingerprint density at radius 3 is 2.50 bits per heavy atom. The molecule has 0 fully saturated rings. The van der Waals surface area contributed by atoms with Crippen molar-refractivity contribution in [3.63, 3.8) is 0 Å². The number of rotatable bonds is 4. The van der Waals surface area contributed by atoms with Crippen molar-refractivity contribution < 1.29 is 0 Å². The zero-order valence-electron chi connectivity index (χ0n) is 9.83. The summed E-state index contributed by atoms with van der Waals surface area (Å²) in [4.78, 5) is 0. The monoisotopic (exact) mass is 347 g/mol. The van der Waals surface area contributed by atoms with Crippen LogP contribution in [0.25, 0.3) is 0 Å². The summed E-state index contributed by atoms with van der Waals surface area (Å²) < 4.78 is 2.09. The average Bonchev–Trinajstić information content (AvgIpc) is 2.75. The molecular weight excluding hydrogens is 337 g/mol. The first-order chi connectivity index (χ1) is 8.65. The molecule has 18 heavy (non-hydrogen) atoms. The molecule has 6 heteroatoms. The maximum Gasteiger partial charge on any atom is 0.143 e. The zero-order valence-corrected chi connectivity index (χ0v) is 12.9. The van der Waals surface area contributed by atoms with Crippen molar-refractivity contribution in [2.75, 3.05) is 0 Å². The standard InChI is InChI=1S/C12H12BrCl2N3/c1-2-18-11(16-17-12(18)7-13)6-8-3-4-9(14)10(15)5-8/h3-5H,2,6-7H2,1H3. The average molecular weight is 349 g/mol. The van der Waals surface area contributed by atoms with Gasteiger partial charge in [0.25, 0.3) is 0 Å². The fourth-order valence-electron chi connectivity index (χ4n) is 1.80. The van der Waals surface area contributed by atoms with Gasteiger partial charge in [-0.1, -0.05) is 45.2 Å². The Balaban J connectivity index is 2.28. The quantitative estimate of drug-likeness (QED) is 0.779. The zero-order chi connectivity index (χ0) is 13.1. The van der Waals surface area contributed by atoms with E-state index in [1.807, 2.05) is 12.1 Å². The molecule has 0 aliphatic carbocycles. The second-order valence-electron chi connectivity index (χ2n) is 3.84. The van der Waals surface area contributed by atoms with Gasteiger partial charge in [0.2, 0.25) is 0 Å². The summed E-state index contributed by atoms with van der Waals surface area (Å²) in [6.07, 6.45) is 0.699. The van der Waals surface area contributed by atoms with E-state index in [0.717, 1.165) is 23.8 Å². The number of hydrogen-bond acceptors (Lipinski definition) is 2. The summed E-state index contributed by atoms with van der Waals surface area (Å²) in [6, 6.07) is 5.63. The van der Waals surface area contributed by atoms with Crippen LogP contribution in [0, 0.1) is 0 Å². The van der Waals surface area contributed by atoms with Crippen molar-refractivity contribution in [1.82, 2.24) is 14.8 Å². The van der Waals surface area contributed by atoms with Gasteiger partial charge in [-0.15, -0.1) is 10.2 Å². The van der Waals surface area contributed by atoms with E-state index in [4.69, 9.17) is 23.2 Å². The van der Waals surface area contributed by atoms with Gasteiger partial charge in [-0.05, 0) is 24.6 Å². The highest BCUT2D eigenvalue weighted by molar-refractivity contribution is 9.08. The van der Waals surface area contributed by atoms with E-state index in [1.54, 1.807) is 6.07 Å². The minimum absolute atomic E-state index is 0.567. The summed E-state index contributed by atoms with van der Waals surface area (Å²) in [5, 5.41) is 10.2. The van der Waals surface area contributed by atoms with Gasteiger partial charge in [-0.2, -0.15) is 0 Å². The number of nitrogens with zero attached hydrogens (tertiary/aromatic N) is 3. The molecule has 1 heterocycles. The van der Waals surface area contributed by atoms with Crippen molar-refractivity contribution in [2.24, 2.45) is 0 Å². The number of aromatic nitrogens is 3. The molecule has 0 unspecified atom stereocenters. The summed E-state index contributed by atoms with van der Waals surface area (Å²) in [5.41, 5.74) is 1.08. The highest BCUT2D eigenvalue weighted by Crippen LogP contribution is 2.23. The Kier molecular flexibility index (Phi) is 4.65. The van der Waals surface area contributed by atoms with Crippen molar-refractivity contribution in [3.8, 4) is 0 Å². The maximum atomic E-state index is 6.00. The molecule has 0 aliphatic heterocycles. The summed E-state index contributed by atoms with van der Waals surface area (Å²) in [6.45, 7) is 2.93. The largest absolute Gasteiger partial charge is 0.314 e. The van der Waals surface area contributed by atoms with Crippen LogP contribution in [0.2, 0.25) is 10.0 Å². The molecule has 0 radical (unpaired) electrons. The van der Waals surface area contributed by atoms with Crippen LogP contribution >= 0.6 is 39.1 Å². The first-order valence-electron chi connectivity index (χ1n) is 5.56. The van der Waals surface area contributed by atoms with Gasteiger partial charge in [0, 0.05) is 13.0 Å². The van der Waals surface area contributed by atoms with Crippen LogP contribution in [0.1, 0.15) is 24.1 Å². The van der Waals surface area contributed by atoms with E-state index in [1.165, 1.54) is 0 Å². The summed E-state index contributed by atoms with van der Waals surface area (Å²) in [5.74, 6) is 1.87. The van der Waals surface area contributed by atoms with Crippen molar-refractivity contribution >= 4 is 39.1 Å². The van der Waals surface area contributed by atoms with Crippen LogP contribution in [-0.2, 0) is 18.3 Å². The van der Waals surface area contributed by atoms with Gasteiger partial charge in [0.05, 0.1) is 15.4 Å². The van der Waals surface area contributed by atoms with Crippen LogP contribution in [0.5, 0.6) is 0 Å². The first-order valence-corrected chi connectivity index (χ1v) is 7.44. The Hall–Kier alpha value is -0.580. The topological polar surface area (TPSA) is 30.7 Å². The van der Waals surface area contributed by atoms with E-state index < -0.39 is 0 Å².